The largest absolute Gasteiger partial charge is 0.299 e. The van der Waals surface area contributed by atoms with Gasteiger partial charge in [-0.3, -0.25) is 4.79 Å². The lowest BCUT2D eigenvalue weighted by molar-refractivity contribution is -0.124. The first-order valence-electron chi connectivity index (χ1n) is 6.79. The summed E-state index contributed by atoms with van der Waals surface area (Å²) in [7, 11) is 0. The van der Waals surface area contributed by atoms with Crippen molar-refractivity contribution in [2.24, 2.45) is 11.8 Å². The van der Waals surface area contributed by atoms with Gasteiger partial charge in [-0.25, -0.2) is 0 Å². The topological polar surface area (TPSA) is 17.1 Å². The van der Waals surface area contributed by atoms with Crippen molar-refractivity contribution in [2.75, 3.05) is 0 Å². The van der Waals surface area contributed by atoms with Crippen molar-refractivity contribution in [1.82, 2.24) is 0 Å². The molecule has 1 aromatic rings. The van der Waals surface area contributed by atoms with Crippen molar-refractivity contribution in [3.05, 3.63) is 35.9 Å². The van der Waals surface area contributed by atoms with Crippen LogP contribution in [0.3, 0.4) is 0 Å². The molecule has 1 atom stereocenters. The highest BCUT2D eigenvalue weighted by molar-refractivity contribution is 5.81. The minimum atomic E-state index is 0.206. The predicted octanol–water partition coefficient (Wildman–Crippen LogP) is 4.26. The van der Waals surface area contributed by atoms with Crippen LogP contribution in [0.4, 0.5) is 0 Å². The average Bonchev–Trinajstić information content (AvgIpc) is 2.39. The highest BCUT2D eigenvalue weighted by atomic mass is 16.1. The normalized spacial score (nSPS) is 12.7. The molecule has 0 aliphatic carbocycles. The second-order valence-corrected chi connectivity index (χ2v) is 4.69. The molecular weight excluding hydrogens is 208 g/mol. The molecule has 1 heteroatoms. The Morgan fingerprint density at radius 1 is 1.06 bits per heavy atom. The van der Waals surface area contributed by atoms with Gasteiger partial charge in [0.2, 0.25) is 0 Å². The van der Waals surface area contributed by atoms with Gasteiger partial charge < -0.3 is 0 Å². The Morgan fingerprint density at radius 2 is 1.65 bits per heavy atom. The van der Waals surface area contributed by atoms with Crippen LogP contribution in [0.2, 0.25) is 0 Å². The van der Waals surface area contributed by atoms with E-state index in [1.54, 1.807) is 0 Å². The van der Waals surface area contributed by atoms with Gasteiger partial charge in [0.1, 0.15) is 5.78 Å². The molecule has 0 saturated carbocycles. The van der Waals surface area contributed by atoms with Crippen LogP contribution in [0.1, 0.15) is 45.6 Å². The van der Waals surface area contributed by atoms with Crippen LogP contribution < -0.4 is 0 Å². The van der Waals surface area contributed by atoms with E-state index in [0.29, 0.717) is 18.1 Å². The Hall–Kier alpha value is -1.11. The number of benzene rings is 1. The van der Waals surface area contributed by atoms with Gasteiger partial charge in [0.15, 0.2) is 0 Å². The van der Waals surface area contributed by atoms with Gasteiger partial charge in [-0.15, -0.1) is 0 Å². The van der Waals surface area contributed by atoms with Crippen LogP contribution >= 0.6 is 0 Å². The second kappa shape index (κ2) is 7.26. The first kappa shape index (κ1) is 14.0. The molecule has 0 unspecified atom stereocenters. The maximum absolute atomic E-state index is 12.1. The molecule has 0 bridgehead atoms. The zero-order valence-corrected chi connectivity index (χ0v) is 11.3. The zero-order valence-electron chi connectivity index (χ0n) is 11.3. The summed E-state index contributed by atoms with van der Waals surface area (Å²) in [6.45, 7) is 6.35. The Kier molecular flexibility index (Phi) is 5.96. The van der Waals surface area contributed by atoms with Gasteiger partial charge in [-0.2, -0.15) is 0 Å². The van der Waals surface area contributed by atoms with Crippen LogP contribution in [0, 0.1) is 11.8 Å². The summed E-state index contributed by atoms with van der Waals surface area (Å²) in [4.78, 5) is 12.1. The van der Waals surface area contributed by atoms with Crippen LogP contribution in [0.25, 0.3) is 0 Å². The molecule has 0 saturated heterocycles. The molecule has 17 heavy (non-hydrogen) atoms. The number of rotatable bonds is 7. The van der Waals surface area contributed by atoms with Crippen LogP contribution in [-0.2, 0) is 11.2 Å². The van der Waals surface area contributed by atoms with Crippen LogP contribution in [0.15, 0.2) is 30.3 Å². The van der Waals surface area contributed by atoms with Gasteiger partial charge in [0.25, 0.3) is 0 Å². The van der Waals surface area contributed by atoms with Crippen LogP contribution in [-0.4, -0.2) is 5.78 Å². The summed E-state index contributed by atoms with van der Waals surface area (Å²) in [6, 6.07) is 10.4. The fraction of sp³-hybridized carbons (Fsp3) is 0.562. The molecule has 0 spiro atoms. The lowest BCUT2D eigenvalue weighted by Gasteiger charge is -2.24. The van der Waals surface area contributed by atoms with E-state index in [1.165, 1.54) is 5.56 Å². The minimum Gasteiger partial charge on any atom is -0.299 e. The van der Waals surface area contributed by atoms with Crippen molar-refractivity contribution in [3.8, 4) is 0 Å². The molecule has 0 amide bonds. The molecule has 0 N–H and O–H groups in total. The summed E-state index contributed by atoms with van der Waals surface area (Å²) in [5.41, 5.74) is 1.28. The van der Waals surface area contributed by atoms with Crippen molar-refractivity contribution in [1.29, 1.82) is 0 Å². The summed E-state index contributed by atoms with van der Waals surface area (Å²) >= 11 is 0. The Bertz CT molecular complexity index is 325. The smallest absolute Gasteiger partial charge is 0.136 e. The summed E-state index contributed by atoms with van der Waals surface area (Å²) in [5.74, 6) is 1.16. The number of Topliss-reactive ketones (excluding diaryl/α,β-unsaturated/α-hetero) is 1. The summed E-state index contributed by atoms with van der Waals surface area (Å²) in [5, 5.41) is 0. The van der Waals surface area contributed by atoms with Crippen molar-refractivity contribution in [3.63, 3.8) is 0 Å². The van der Waals surface area contributed by atoms with E-state index in [-0.39, 0.29) is 5.92 Å². The minimum absolute atomic E-state index is 0.206. The number of ketones is 1. The SMILES string of the molecule is CCC(=O)[C@H](Cc1ccccc1)C(CC)CC. The molecule has 1 aromatic carbocycles. The summed E-state index contributed by atoms with van der Waals surface area (Å²) < 4.78 is 0. The van der Waals surface area contributed by atoms with Crippen molar-refractivity contribution >= 4 is 5.78 Å². The van der Waals surface area contributed by atoms with Crippen molar-refractivity contribution in [2.45, 2.75) is 46.5 Å². The standard InChI is InChI=1S/C16H24O/c1-4-14(5-2)15(16(17)6-3)12-13-10-8-7-9-11-13/h7-11,14-15H,4-6,12H2,1-3H3/t15-/m1/s1. The highest BCUT2D eigenvalue weighted by Gasteiger charge is 2.24. The number of carbonyl (C=O) groups excluding carboxylic acids is 1. The maximum Gasteiger partial charge on any atom is 0.136 e. The number of hydrogen-bond acceptors (Lipinski definition) is 1. The second-order valence-electron chi connectivity index (χ2n) is 4.69. The number of carbonyl (C=O) groups is 1. The van der Waals surface area contributed by atoms with E-state index < -0.39 is 0 Å². The Balaban J connectivity index is 2.80. The van der Waals surface area contributed by atoms with E-state index in [1.807, 2.05) is 13.0 Å². The van der Waals surface area contributed by atoms with Gasteiger partial charge in [0.05, 0.1) is 0 Å². The lowest BCUT2D eigenvalue weighted by Crippen LogP contribution is -2.25. The predicted molar refractivity (Wildman–Crippen MR) is 73.0 cm³/mol. The van der Waals surface area contributed by atoms with Gasteiger partial charge in [-0.05, 0) is 17.9 Å². The van der Waals surface area contributed by atoms with Gasteiger partial charge in [0, 0.05) is 12.3 Å². The molecule has 0 aromatic heterocycles. The summed E-state index contributed by atoms with van der Waals surface area (Å²) in [6.07, 6.45) is 3.76. The Morgan fingerprint density at radius 3 is 2.12 bits per heavy atom. The van der Waals surface area contributed by atoms with E-state index in [0.717, 1.165) is 19.3 Å². The molecule has 0 aliphatic rings. The fourth-order valence-corrected chi connectivity index (χ4v) is 2.53. The third kappa shape index (κ3) is 3.99. The van der Waals surface area contributed by atoms with Crippen molar-refractivity contribution < 1.29 is 4.79 Å². The Labute approximate surface area is 105 Å². The number of hydrogen-bond donors (Lipinski definition) is 0. The van der Waals surface area contributed by atoms with E-state index in [4.69, 9.17) is 0 Å². The zero-order chi connectivity index (χ0) is 12.7. The molecule has 0 radical (unpaired) electrons. The molecule has 94 valence electrons. The third-order valence-electron chi connectivity index (χ3n) is 3.68. The first-order chi connectivity index (χ1) is 8.22. The monoisotopic (exact) mass is 232 g/mol. The highest BCUT2D eigenvalue weighted by Crippen LogP contribution is 2.25. The van der Waals surface area contributed by atoms with E-state index in [9.17, 15) is 4.79 Å². The molecular formula is C16H24O. The fourth-order valence-electron chi connectivity index (χ4n) is 2.53. The van der Waals surface area contributed by atoms with Gasteiger partial charge in [-0.1, -0.05) is 63.9 Å². The maximum atomic E-state index is 12.1. The molecule has 1 nitrogen and oxygen atoms in total. The quantitative estimate of drug-likeness (QED) is 0.686. The average molecular weight is 232 g/mol. The first-order valence-corrected chi connectivity index (χ1v) is 6.79. The molecule has 0 heterocycles. The van der Waals surface area contributed by atoms with E-state index in [2.05, 4.69) is 38.1 Å². The molecule has 0 aliphatic heterocycles. The van der Waals surface area contributed by atoms with E-state index >= 15 is 0 Å². The molecule has 1 rings (SSSR count). The van der Waals surface area contributed by atoms with Crippen LogP contribution in [0.5, 0.6) is 0 Å². The molecule has 0 fully saturated rings. The van der Waals surface area contributed by atoms with Gasteiger partial charge >= 0.3 is 0 Å². The lowest BCUT2D eigenvalue weighted by atomic mass is 9.80. The third-order valence-corrected chi connectivity index (χ3v) is 3.68.